The van der Waals surface area contributed by atoms with E-state index < -0.39 is 20.9 Å². The number of hydrogen-bond donors (Lipinski definition) is 0. The molecule has 0 aliphatic carbocycles. The Kier molecular flexibility index (Phi) is 5.77. The van der Waals surface area contributed by atoms with Crippen LogP contribution in [0.3, 0.4) is 0 Å². The molecule has 21 heavy (non-hydrogen) atoms. The molecular formula is C13H15Cl3FNO2S. The third-order valence-corrected chi connectivity index (χ3v) is 6.62. The van der Waals surface area contributed by atoms with Crippen LogP contribution in [0.25, 0.3) is 0 Å². The van der Waals surface area contributed by atoms with Crippen LogP contribution in [0.5, 0.6) is 0 Å². The van der Waals surface area contributed by atoms with Gasteiger partial charge in [0.25, 0.3) is 0 Å². The maximum absolute atomic E-state index is 13.7. The van der Waals surface area contributed by atoms with Gasteiger partial charge in [-0.2, -0.15) is 4.31 Å². The molecular weight excluding hydrogens is 360 g/mol. The van der Waals surface area contributed by atoms with Crippen LogP contribution in [0.4, 0.5) is 4.39 Å². The number of alkyl halides is 1. The topological polar surface area (TPSA) is 37.4 Å². The summed E-state index contributed by atoms with van der Waals surface area (Å²) in [5.41, 5.74) is 0. The maximum Gasteiger partial charge on any atom is 0.244 e. The lowest BCUT2D eigenvalue weighted by molar-refractivity contribution is 0.368. The van der Waals surface area contributed by atoms with Gasteiger partial charge >= 0.3 is 0 Å². The van der Waals surface area contributed by atoms with Crippen molar-refractivity contribution in [2.24, 2.45) is 0 Å². The van der Waals surface area contributed by atoms with E-state index in [2.05, 4.69) is 0 Å². The van der Waals surface area contributed by atoms with E-state index >= 15 is 0 Å². The quantitative estimate of drug-likeness (QED) is 0.569. The molecule has 1 aromatic carbocycles. The van der Waals surface area contributed by atoms with Crippen LogP contribution in [0.1, 0.15) is 25.7 Å². The lowest BCUT2D eigenvalue weighted by Gasteiger charge is -2.24. The standard InChI is InChI=1S/C13H15Cl3FNO2S/c14-7-1-3-9-4-2-8-18(9)21(19,20)11-6-5-10(15)13(17)12(11)16/h5-6,9H,1-4,7-8H2. The van der Waals surface area contributed by atoms with Crippen LogP contribution in [-0.4, -0.2) is 31.2 Å². The van der Waals surface area contributed by atoms with Crippen molar-refractivity contribution < 1.29 is 12.8 Å². The first kappa shape index (κ1) is 17.3. The van der Waals surface area contributed by atoms with Gasteiger partial charge in [0, 0.05) is 18.5 Å². The molecule has 0 aromatic heterocycles. The van der Waals surface area contributed by atoms with Gasteiger partial charge in [0.15, 0.2) is 5.82 Å². The van der Waals surface area contributed by atoms with Crippen molar-refractivity contribution in [2.75, 3.05) is 12.4 Å². The molecule has 0 spiro atoms. The van der Waals surface area contributed by atoms with Gasteiger partial charge in [0.1, 0.15) is 4.90 Å². The highest BCUT2D eigenvalue weighted by atomic mass is 35.5. The van der Waals surface area contributed by atoms with Crippen molar-refractivity contribution in [2.45, 2.75) is 36.6 Å². The van der Waals surface area contributed by atoms with E-state index in [0.717, 1.165) is 19.3 Å². The van der Waals surface area contributed by atoms with Crippen molar-refractivity contribution in [3.63, 3.8) is 0 Å². The Labute approximate surface area is 139 Å². The first-order valence-corrected chi connectivity index (χ1v) is 9.34. The van der Waals surface area contributed by atoms with E-state index in [1.54, 1.807) is 0 Å². The smallest absolute Gasteiger partial charge is 0.207 e. The van der Waals surface area contributed by atoms with E-state index in [0.29, 0.717) is 18.8 Å². The van der Waals surface area contributed by atoms with Gasteiger partial charge in [-0.25, -0.2) is 12.8 Å². The zero-order valence-electron chi connectivity index (χ0n) is 11.2. The van der Waals surface area contributed by atoms with Gasteiger partial charge in [0.2, 0.25) is 10.0 Å². The average Bonchev–Trinajstić information content (AvgIpc) is 2.91. The Balaban J connectivity index is 2.35. The summed E-state index contributed by atoms with van der Waals surface area (Å²) in [4.78, 5) is -0.233. The Morgan fingerprint density at radius 3 is 2.71 bits per heavy atom. The van der Waals surface area contributed by atoms with E-state index in [1.807, 2.05) is 0 Å². The van der Waals surface area contributed by atoms with E-state index in [1.165, 1.54) is 16.4 Å². The fourth-order valence-electron chi connectivity index (χ4n) is 2.56. The Hall–Kier alpha value is -0.0700. The maximum atomic E-state index is 13.7. The lowest BCUT2D eigenvalue weighted by Crippen LogP contribution is -2.35. The Morgan fingerprint density at radius 2 is 2.05 bits per heavy atom. The number of benzene rings is 1. The fraction of sp³-hybridized carbons (Fsp3) is 0.538. The minimum Gasteiger partial charge on any atom is -0.207 e. The van der Waals surface area contributed by atoms with Crippen molar-refractivity contribution in [1.29, 1.82) is 0 Å². The van der Waals surface area contributed by atoms with Crippen LogP contribution >= 0.6 is 34.8 Å². The van der Waals surface area contributed by atoms with Gasteiger partial charge in [-0.15, -0.1) is 11.6 Å². The molecule has 0 N–H and O–H groups in total. The summed E-state index contributed by atoms with van der Waals surface area (Å²) in [6, 6.07) is 2.35. The van der Waals surface area contributed by atoms with Crippen molar-refractivity contribution in [3.8, 4) is 0 Å². The molecule has 1 fully saturated rings. The Bertz CT molecular complexity index is 624. The number of nitrogens with zero attached hydrogens (tertiary/aromatic N) is 1. The second-order valence-electron chi connectivity index (χ2n) is 4.92. The molecule has 0 bridgehead atoms. The normalized spacial score (nSPS) is 20.1. The fourth-order valence-corrected chi connectivity index (χ4v) is 5.16. The molecule has 0 radical (unpaired) electrons. The second-order valence-corrected chi connectivity index (χ2v) is 7.94. The molecule has 1 atom stereocenters. The van der Waals surface area contributed by atoms with Crippen molar-refractivity contribution in [3.05, 3.63) is 28.0 Å². The van der Waals surface area contributed by atoms with Gasteiger partial charge in [-0.05, 0) is 37.8 Å². The van der Waals surface area contributed by atoms with Crippen molar-refractivity contribution >= 4 is 44.8 Å². The number of rotatable bonds is 5. The summed E-state index contributed by atoms with van der Waals surface area (Å²) in [7, 11) is -3.83. The van der Waals surface area contributed by atoms with Crippen molar-refractivity contribution in [1.82, 2.24) is 4.31 Å². The molecule has 8 heteroatoms. The largest absolute Gasteiger partial charge is 0.244 e. The van der Waals surface area contributed by atoms with Gasteiger partial charge < -0.3 is 0 Å². The first-order valence-electron chi connectivity index (χ1n) is 6.61. The van der Waals surface area contributed by atoms with Crippen LogP contribution in [0, 0.1) is 5.82 Å². The van der Waals surface area contributed by atoms with Crippen LogP contribution in [-0.2, 0) is 10.0 Å². The van der Waals surface area contributed by atoms with Crippen LogP contribution < -0.4 is 0 Å². The van der Waals surface area contributed by atoms with E-state index in [-0.39, 0.29) is 16.0 Å². The molecule has 118 valence electrons. The molecule has 1 aliphatic heterocycles. The average molecular weight is 375 g/mol. The summed E-state index contributed by atoms with van der Waals surface area (Å²) in [6.45, 7) is 0.413. The number of halogens is 4. The Morgan fingerprint density at radius 1 is 1.33 bits per heavy atom. The molecule has 1 heterocycles. The summed E-state index contributed by atoms with van der Waals surface area (Å²) < 4.78 is 40.5. The minimum absolute atomic E-state index is 0.108. The molecule has 0 saturated carbocycles. The van der Waals surface area contributed by atoms with Gasteiger partial charge in [0.05, 0.1) is 10.0 Å². The predicted molar refractivity (Wildman–Crippen MR) is 83.3 cm³/mol. The predicted octanol–water partition coefficient (Wildman–Crippen LogP) is 4.30. The molecule has 1 aliphatic rings. The summed E-state index contributed by atoms with van der Waals surface area (Å²) in [5, 5.41) is -0.649. The SMILES string of the molecule is O=S(=O)(c1ccc(Cl)c(F)c1Cl)N1CCCC1CCCCl. The third kappa shape index (κ3) is 3.48. The second kappa shape index (κ2) is 7.01. The first-order chi connectivity index (χ1) is 9.89. The zero-order valence-corrected chi connectivity index (χ0v) is 14.2. The molecule has 1 saturated heterocycles. The molecule has 2 rings (SSSR count). The lowest BCUT2D eigenvalue weighted by atomic mass is 10.1. The van der Waals surface area contributed by atoms with E-state index in [4.69, 9.17) is 34.8 Å². The van der Waals surface area contributed by atoms with Gasteiger partial charge in [-0.1, -0.05) is 23.2 Å². The zero-order chi connectivity index (χ0) is 15.6. The monoisotopic (exact) mass is 373 g/mol. The van der Waals surface area contributed by atoms with Gasteiger partial charge in [-0.3, -0.25) is 0 Å². The third-order valence-electron chi connectivity index (χ3n) is 3.58. The molecule has 1 aromatic rings. The van der Waals surface area contributed by atoms with Crippen LogP contribution in [0.2, 0.25) is 10.0 Å². The minimum atomic E-state index is -3.83. The van der Waals surface area contributed by atoms with Crippen LogP contribution in [0.15, 0.2) is 17.0 Å². The van der Waals surface area contributed by atoms with E-state index in [9.17, 15) is 12.8 Å². The summed E-state index contributed by atoms with van der Waals surface area (Å²) >= 11 is 17.1. The highest BCUT2D eigenvalue weighted by molar-refractivity contribution is 7.89. The molecule has 3 nitrogen and oxygen atoms in total. The molecule has 0 amide bonds. The summed E-state index contributed by atoms with van der Waals surface area (Å²) in [5.74, 6) is -0.420. The molecule has 1 unspecified atom stereocenters. The highest BCUT2D eigenvalue weighted by Crippen LogP contribution is 2.35. The number of hydrogen-bond acceptors (Lipinski definition) is 2. The number of sulfonamides is 1. The summed E-state index contributed by atoms with van der Waals surface area (Å²) in [6.07, 6.45) is 2.99. The highest BCUT2D eigenvalue weighted by Gasteiger charge is 2.36.